The molecule has 0 bridgehead atoms. The Morgan fingerprint density at radius 1 is 1.05 bits per heavy atom. The number of nitrogens with one attached hydrogen (secondary N) is 1. The normalized spacial score (nSPS) is 11.6. The summed E-state index contributed by atoms with van der Waals surface area (Å²) >= 11 is 0. The fourth-order valence-corrected chi connectivity index (χ4v) is 2.90. The molecule has 1 heterocycles. The van der Waals surface area contributed by atoms with Gasteiger partial charge in [-0.05, 0) is 18.3 Å². The van der Waals surface area contributed by atoms with Gasteiger partial charge in [0.2, 0.25) is 0 Å². The zero-order valence-corrected chi connectivity index (χ0v) is 14.1. The number of benzene rings is 1. The van der Waals surface area contributed by atoms with Crippen LogP contribution in [0.3, 0.4) is 0 Å². The average Bonchev–Trinajstić information content (AvgIpc) is 2.92. The number of H-pyrrole nitrogens is 1. The fourth-order valence-electron chi connectivity index (χ4n) is 2.90. The Bertz CT molecular complexity index is 553. The highest BCUT2D eigenvalue weighted by atomic mass is 15.1. The van der Waals surface area contributed by atoms with E-state index in [1.807, 2.05) is 0 Å². The molecule has 0 atom stereocenters. The van der Waals surface area contributed by atoms with Gasteiger partial charge in [0.1, 0.15) is 18.1 Å². The van der Waals surface area contributed by atoms with E-state index in [0.717, 1.165) is 6.42 Å². The largest absolute Gasteiger partial charge is 0.259 e. The Balaban J connectivity index is 2.58. The van der Waals surface area contributed by atoms with Gasteiger partial charge in [-0.3, -0.25) is 0 Å². The molecule has 1 N–H and O–H groups in total. The van der Waals surface area contributed by atoms with E-state index in [4.69, 9.17) is 0 Å². The molecule has 0 aliphatic rings. The number of unbranched alkanes of at least 4 members (excludes halogenated alkanes) is 1. The van der Waals surface area contributed by atoms with Gasteiger partial charge in [-0.25, -0.2) is 4.98 Å². The van der Waals surface area contributed by atoms with Gasteiger partial charge in [0.15, 0.2) is 0 Å². The lowest BCUT2D eigenvalue weighted by molar-refractivity contribution is -0.604. The van der Waals surface area contributed by atoms with E-state index in [-0.39, 0.29) is 0 Å². The minimum atomic E-state index is 0.528. The van der Waals surface area contributed by atoms with Crippen LogP contribution in [0, 0.1) is 0 Å². The Morgan fingerprint density at radius 3 is 2.19 bits per heavy atom. The van der Waals surface area contributed by atoms with Crippen LogP contribution in [0.15, 0.2) is 30.6 Å². The number of imidazole rings is 1. The molecule has 0 aliphatic carbocycles. The van der Waals surface area contributed by atoms with Crippen molar-refractivity contribution in [2.24, 2.45) is 0 Å². The number of rotatable bonds is 6. The summed E-state index contributed by atoms with van der Waals surface area (Å²) in [6.45, 7) is 11.4. The van der Waals surface area contributed by atoms with Crippen molar-refractivity contribution < 1.29 is 4.57 Å². The fraction of sp³-hybridized carbons (Fsp3) is 0.526. The average molecular weight is 285 g/mol. The highest BCUT2D eigenvalue weighted by Gasteiger charge is 2.22. The van der Waals surface area contributed by atoms with Gasteiger partial charge in [0.05, 0.1) is 0 Å². The van der Waals surface area contributed by atoms with Crippen LogP contribution in [0.4, 0.5) is 0 Å². The lowest BCUT2D eigenvalue weighted by atomic mass is 9.92. The number of aromatic nitrogens is 2. The van der Waals surface area contributed by atoms with Crippen LogP contribution >= 0.6 is 0 Å². The maximum absolute atomic E-state index is 3.43. The van der Waals surface area contributed by atoms with Gasteiger partial charge in [0.25, 0.3) is 5.82 Å². The molecular weight excluding hydrogens is 256 g/mol. The topological polar surface area (TPSA) is 19.7 Å². The maximum atomic E-state index is 3.43. The smallest absolute Gasteiger partial charge is 0.247 e. The van der Waals surface area contributed by atoms with Crippen LogP contribution in [-0.4, -0.2) is 4.98 Å². The minimum Gasteiger partial charge on any atom is -0.247 e. The molecule has 0 spiro atoms. The molecule has 0 saturated carbocycles. The van der Waals surface area contributed by atoms with Crippen LogP contribution in [0.1, 0.15) is 76.2 Å². The lowest BCUT2D eigenvalue weighted by Gasteiger charge is -2.17. The van der Waals surface area contributed by atoms with E-state index in [1.165, 1.54) is 35.5 Å². The quantitative estimate of drug-likeness (QED) is 0.730. The third-order valence-electron chi connectivity index (χ3n) is 4.11. The lowest BCUT2D eigenvalue weighted by Crippen LogP contribution is -2.36. The molecule has 2 nitrogen and oxygen atoms in total. The molecule has 0 aliphatic heterocycles. The molecule has 114 valence electrons. The maximum Gasteiger partial charge on any atom is 0.259 e. The molecule has 0 fully saturated rings. The molecule has 0 radical (unpaired) electrons. The van der Waals surface area contributed by atoms with E-state index < -0.39 is 0 Å². The predicted molar refractivity (Wildman–Crippen MR) is 89.1 cm³/mol. The second-order valence-corrected chi connectivity index (χ2v) is 6.47. The van der Waals surface area contributed by atoms with Crippen LogP contribution in [-0.2, 0) is 6.42 Å². The Kier molecular flexibility index (Phi) is 5.22. The minimum absolute atomic E-state index is 0.528. The van der Waals surface area contributed by atoms with Crippen molar-refractivity contribution in [2.45, 2.75) is 65.7 Å². The van der Waals surface area contributed by atoms with E-state index in [0.29, 0.717) is 11.8 Å². The number of aromatic amines is 1. The van der Waals surface area contributed by atoms with Gasteiger partial charge >= 0.3 is 0 Å². The SMILES string of the molecule is CCCCc1[nH]cc[n+]1-c1c(C(C)C)cccc1C(C)C. The molecule has 0 unspecified atom stereocenters. The Labute approximate surface area is 129 Å². The first kappa shape index (κ1) is 15.8. The number of nitrogens with zero attached hydrogens (tertiary/aromatic N) is 1. The van der Waals surface area contributed by atoms with E-state index in [9.17, 15) is 0 Å². The van der Waals surface area contributed by atoms with E-state index in [1.54, 1.807) is 0 Å². The van der Waals surface area contributed by atoms with Crippen LogP contribution < -0.4 is 4.57 Å². The van der Waals surface area contributed by atoms with Crippen molar-refractivity contribution in [3.8, 4) is 5.69 Å². The molecule has 21 heavy (non-hydrogen) atoms. The van der Waals surface area contributed by atoms with Gasteiger partial charge in [-0.15, -0.1) is 0 Å². The number of hydrogen-bond acceptors (Lipinski definition) is 0. The summed E-state index contributed by atoms with van der Waals surface area (Å²) in [7, 11) is 0. The third kappa shape index (κ3) is 3.37. The first-order chi connectivity index (χ1) is 10.1. The summed E-state index contributed by atoms with van der Waals surface area (Å²) < 4.78 is 2.38. The summed E-state index contributed by atoms with van der Waals surface area (Å²) in [5.74, 6) is 2.37. The van der Waals surface area contributed by atoms with Crippen molar-refractivity contribution in [1.29, 1.82) is 0 Å². The van der Waals surface area contributed by atoms with E-state index >= 15 is 0 Å². The standard InChI is InChI=1S/C19H28N2/c1-6-7-11-18-20-12-13-21(18)19-16(14(2)3)9-8-10-17(19)15(4)5/h8-10,12-15H,6-7,11H2,1-5H3/p+1. The Morgan fingerprint density at radius 2 is 1.67 bits per heavy atom. The van der Waals surface area contributed by atoms with Gasteiger partial charge in [-0.1, -0.05) is 59.2 Å². The summed E-state index contributed by atoms with van der Waals surface area (Å²) in [5, 5.41) is 0. The monoisotopic (exact) mass is 285 g/mol. The number of aryl methyl sites for hydroxylation is 1. The molecule has 1 aromatic heterocycles. The summed E-state index contributed by atoms with van der Waals surface area (Å²) in [6.07, 6.45) is 7.79. The van der Waals surface area contributed by atoms with Crippen molar-refractivity contribution in [1.82, 2.24) is 4.98 Å². The number of hydrogen-bond donors (Lipinski definition) is 1. The highest BCUT2D eigenvalue weighted by Crippen LogP contribution is 2.28. The van der Waals surface area contributed by atoms with Crippen molar-refractivity contribution >= 4 is 0 Å². The molecule has 2 rings (SSSR count). The van der Waals surface area contributed by atoms with Crippen LogP contribution in [0.2, 0.25) is 0 Å². The van der Waals surface area contributed by atoms with Crippen molar-refractivity contribution in [2.75, 3.05) is 0 Å². The van der Waals surface area contributed by atoms with Gasteiger partial charge in [-0.2, -0.15) is 4.57 Å². The molecule has 0 saturated heterocycles. The van der Waals surface area contributed by atoms with Crippen molar-refractivity contribution in [3.63, 3.8) is 0 Å². The first-order valence-corrected chi connectivity index (χ1v) is 8.27. The van der Waals surface area contributed by atoms with Crippen molar-refractivity contribution in [3.05, 3.63) is 47.5 Å². The molecular formula is C19H29N2+. The van der Waals surface area contributed by atoms with Crippen LogP contribution in [0.5, 0.6) is 0 Å². The van der Waals surface area contributed by atoms with Crippen LogP contribution in [0.25, 0.3) is 5.69 Å². The predicted octanol–water partition coefficient (Wildman–Crippen LogP) is 4.88. The molecule has 0 amide bonds. The van der Waals surface area contributed by atoms with Gasteiger partial charge in [0, 0.05) is 17.5 Å². The summed E-state index contributed by atoms with van der Waals surface area (Å²) in [4.78, 5) is 3.43. The Hall–Kier alpha value is -1.57. The zero-order valence-electron chi connectivity index (χ0n) is 14.1. The highest BCUT2D eigenvalue weighted by molar-refractivity contribution is 5.45. The zero-order chi connectivity index (χ0) is 15.4. The molecule has 2 aromatic rings. The van der Waals surface area contributed by atoms with E-state index in [2.05, 4.69) is 74.8 Å². The summed E-state index contributed by atoms with van der Waals surface area (Å²) in [6, 6.07) is 6.75. The molecule has 2 heteroatoms. The summed E-state index contributed by atoms with van der Waals surface area (Å²) in [5.41, 5.74) is 4.25. The van der Waals surface area contributed by atoms with Gasteiger partial charge < -0.3 is 0 Å². The second kappa shape index (κ2) is 6.93. The third-order valence-corrected chi connectivity index (χ3v) is 4.11. The molecule has 1 aromatic carbocycles. The first-order valence-electron chi connectivity index (χ1n) is 8.27. The second-order valence-electron chi connectivity index (χ2n) is 6.47. The number of para-hydroxylation sites is 1.